The highest BCUT2D eigenvalue weighted by atomic mass is 16.3. The zero-order valence-electron chi connectivity index (χ0n) is 24.6. The molecule has 0 radical (unpaired) electrons. The Kier molecular flexibility index (Phi) is 15.3. The average Bonchev–Trinajstić information content (AvgIpc) is 2.80. The molecule has 1 unspecified atom stereocenters. The summed E-state index contributed by atoms with van der Waals surface area (Å²) < 4.78 is 0. The number of amides is 2. The quantitative estimate of drug-likeness (QED) is 0.260. The fourth-order valence-electron chi connectivity index (χ4n) is 5.66. The van der Waals surface area contributed by atoms with Crippen LogP contribution in [0.5, 0.6) is 0 Å². The first-order chi connectivity index (χ1) is 17.4. The highest BCUT2D eigenvalue weighted by Gasteiger charge is 2.40. The first kappa shape index (κ1) is 33.3. The lowest BCUT2D eigenvalue weighted by atomic mass is 9.68. The molecule has 1 rings (SSSR count). The van der Waals surface area contributed by atoms with Gasteiger partial charge in [-0.25, -0.2) is 0 Å². The van der Waals surface area contributed by atoms with Gasteiger partial charge in [0.05, 0.1) is 12.1 Å². The van der Waals surface area contributed by atoms with Crippen LogP contribution in [0.25, 0.3) is 0 Å². The van der Waals surface area contributed by atoms with Crippen LogP contribution in [0, 0.1) is 16.7 Å². The normalized spacial score (nSPS) is 25.7. The second-order valence-electron chi connectivity index (χ2n) is 12.9. The summed E-state index contributed by atoms with van der Waals surface area (Å²) in [6.07, 6.45) is 18.8. The van der Waals surface area contributed by atoms with E-state index in [4.69, 9.17) is 0 Å². The Labute approximate surface area is 226 Å². The van der Waals surface area contributed by atoms with E-state index in [9.17, 15) is 19.5 Å². The third-order valence-electron chi connectivity index (χ3n) is 7.68. The van der Waals surface area contributed by atoms with Crippen molar-refractivity contribution in [1.82, 2.24) is 10.6 Å². The molecule has 0 aromatic heterocycles. The number of nitrogens with one attached hydrogen (secondary N) is 2. The van der Waals surface area contributed by atoms with Crippen LogP contribution in [0.2, 0.25) is 0 Å². The van der Waals surface area contributed by atoms with Gasteiger partial charge in [-0.05, 0) is 69.6 Å². The number of carbonyl (C=O) groups is 3. The van der Waals surface area contributed by atoms with E-state index in [1.165, 1.54) is 39.0 Å². The summed E-state index contributed by atoms with van der Waals surface area (Å²) in [4.78, 5) is 38.2. The van der Waals surface area contributed by atoms with E-state index in [1.807, 2.05) is 20.8 Å². The molecule has 1 aliphatic carbocycles. The number of carbonyl (C=O) groups excluding carboxylic acids is 3. The number of aliphatic hydroxyl groups is 1. The van der Waals surface area contributed by atoms with E-state index < -0.39 is 29.5 Å². The number of hydrogen-bond acceptors (Lipinski definition) is 4. The minimum absolute atomic E-state index is 0.0115. The van der Waals surface area contributed by atoms with Gasteiger partial charge >= 0.3 is 0 Å². The summed E-state index contributed by atoms with van der Waals surface area (Å²) in [5.41, 5.74) is -0.658. The molecule has 0 aromatic carbocycles. The Morgan fingerprint density at radius 2 is 1.41 bits per heavy atom. The van der Waals surface area contributed by atoms with Crippen LogP contribution in [0.4, 0.5) is 0 Å². The number of hydrogen-bond donors (Lipinski definition) is 3. The monoisotopic (exact) mass is 520 g/mol. The summed E-state index contributed by atoms with van der Waals surface area (Å²) >= 11 is 0. The maximum atomic E-state index is 13.8. The van der Waals surface area contributed by atoms with E-state index in [1.54, 1.807) is 0 Å². The van der Waals surface area contributed by atoms with Gasteiger partial charge in [0.25, 0.3) is 0 Å². The number of rotatable bonds is 8. The molecule has 0 fully saturated rings. The Morgan fingerprint density at radius 3 is 1.92 bits per heavy atom. The Bertz CT molecular complexity index is 716. The van der Waals surface area contributed by atoms with Gasteiger partial charge in [0.15, 0.2) is 0 Å². The third kappa shape index (κ3) is 13.6. The minimum Gasteiger partial charge on any atom is -0.391 e. The Balaban J connectivity index is 3.00. The van der Waals surface area contributed by atoms with Gasteiger partial charge in [0.2, 0.25) is 11.8 Å². The van der Waals surface area contributed by atoms with Gasteiger partial charge in [-0.2, -0.15) is 0 Å². The van der Waals surface area contributed by atoms with Crippen LogP contribution in [-0.2, 0) is 14.4 Å². The topological polar surface area (TPSA) is 95.5 Å². The van der Waals surface area contributed by atoms with Gasteiger partial charge in [-0.1, -0.05) is 85.3 Å². The fraction of sp³-hybridized carbons (Fsp3) is 0.839. The average molecular weight is 521 g/mol. The molecule has 0 heterocycles. The summed E-state index contributed by atoms with van der Waals surface area (Å²) in [5, 5.41) is 16.0. The highest BCUT2D eigenvalue weighted by molar-refractivity contribution is 5.91. The molecular weight excluding hydrogens is 464 g/mol. The maximum Gasteiger partial charge on any atom is 0.245 e. The van der Waals surface area contributed by atoms with Crippen molar-refractivity contribution in [3.05, 3.63) is 12.2 Å². The molecule has 6 heteroatoms. The Hall–Kier alpha value is -1.69. The van der Waals surface area contributed by atoms with Gasteiger partial charge < -0.3 is 20.5 Å². The first-order valence-corrected chi connectivity index (χ1v) is 14.8. The highest BCUT2D eigenvalue weighted by Crippen LogP contribution is 2.41. The summed E-state index contributed by atoms with van der Waals surface area (Å²) in [6, 6.07) is -1.74. The maximum absolute atomic E-state index is 13.8. The molecular formula is C31H56N2O4. The molecule has 0 aliphatic heterocycles. The summed E-state index contributed by atoms with van der Waals surface area (Å²) in [5.74, 6) is -0.467. The predicted molar refractivity (Wildman–Crippen MR) is 152 cm³/mol. The number of allylic oxidation sites excluding steroid dienone is 2. The van der Waals surface area contributed by atoms with Gasteiger partial charge in [-0.3, -0.25) is 9.59 Å². The van der Waals surface area contributed by atoms with Crippen LogP contribution in [-0.4, -0.2) is 41.4 Å². The lowest BCUT2D eigenvalue weighted by Gasteiger charge is -2.38. The van der Waals surface area contributed by atoms with Gasteiger partial charge in [-0.15, -0.1) is 0 Å². The van der Waals surface area contributed by atoms with Crippen LogP contribution in [0.1, 0.15) is 131 Å². The van der Waals surface area contributed by atoms with Crippen molar-refractivity contribution >= 4 is 18.1 Å². The van der Waals surface area contributed by atoms with E-state index in [2.05, 4.69) is 36.6 Å². The van der Waals surface area contributed by atoms with Crippen molar-refractivity contribution < 1.29 is 19.5 Å². The molecule has 0 saturated carbocycles. The molecule has 0 spiro atoms. The molecule has 0 saturated heterocycles. The molecule has 0 bridgehead atoms. The molecule has 6 nitrogen and oxygen atoms in total. The second-order valence-corrected chi connectivity index (χ2v) is 12.9. The van der Waals surface area contributed by atoms with Gasteiger partial charge in [0, 0.05) is 5.41 Å². The first-order valence-electron chi connectivity index (χ1n) is 14.8. The largest absolute Gasteiger partial charge is 0.391 e. The lowest BCUT2D eigenvalue weighted by molar-refractivity contribution is -0.139. The van der Waals surface area contributed by atoms with Gasteiger partial charge in [0.1, 0.15) is 12.3 Å². The molecule has 214 valence electrons. The zero-order valence-corrected chi connectivity index (χ0v) is 24.6. The smallest absolute Gasteiger partial charge is 0.245 e. The van der Waals surface area contributed by atoms with Crippen molar-refractivity contribution in [3.63, 3.8) is 0 Å². The number of aldehydes is 1. The van der Waals surface area contributed by atoms with E-state index in [0.29, 0.717) is 6.42 Å². The second kappa shape index (κ2) is 17.0. The van der Waals surface area contributed by atoms with Crippen molar-refractivity contribution in [1.29, 1.82) is 0 Å². The predicted octanol–water partition coefficient (Wildman–Crippen LogP) is 6.26. The standard InChI is InChI=1S/C31H56N2O4/c1-24(2)21-26(22-34)32-28(36)27(25(3)35)33-29(37)31(6)20-18-16-14-12-10-8-7-9-11-13-15-17-19-30(4,5)23-31/h7-8,22,24-27,35H,9-21,23H2,1-6H3,(H,32,36)(H,33,37)/b8-7+/t25-,26+,27+,31?/m1/s1. The van der Waals surface area contributed by atoms with Crippen molar-refractivity contribution in [2.24, 2.45) is 16.7 Å². The van der Waals surface area contributed by atoms with Crippen LogP contribution in [0.3, 0.4) is 0 Å². The van der Waals surface area contributed by atoms with Crippen molar-refractivity contribution in [2.45, 2.75) is 150 Å². The van der Waals surface area contributed by atoms with Crippen molar-refractivity contribution in [2.75, 3.05) is 0 Å². The molecule has 1 aliphatic rings. The molecule has 37 heavy (non-hydrogen) atoms. The van der Waals surface area contributed by atoms with Crippen LogP contribution < -0.4 is 10.6 Å². The minimum atomic E-state index is -1.10. The third-order valence-corrected chi connectivity index (χ3v) is 7.68. The summed E-state index contributed by atoms with van der Waals surface area (Å²) in [6.45, 7) is 12.0. The van der Waals surface area contributed by atoms with E-state index in [0.717, 1.165) is 57.7 Å². The van der Waals surface area contributed by atoms with E-state index >= 15 is 0 Å². The van der Waals surface area contributed by atoms with Crippen LogP contribution in [0.15, 0.2) is 12.2 Å². The molecule has 4 atom stereocenters. The van der Waals surface area contributed by atoms with Crippen LogP contribution >= 0.6 is 0 Å². The molecule has 2 amide bonds. The zero-order chi connectivity index (χ0) is 27.9. The SMILES string of the molecule is CC(C)C[C@@H](C=O)NC(=O)[C@@H](NC(=O)C1(C)CCCCCC/C=C/CCCCCCC(C)(C)C1)[C@@H](C)O. The molecule has 0 aromatic rings. The van der Waals surface area contributed by atoms with Crippen molar-refractivity contribution in [3.8, 4) is 0 Å². The lowest BCUT2D eigenvalue weighted by Crippen LogP contribution is -2.57. The fourth-order valence-corrected chi connectivity index (χ4v) is 5.66. The van der Waals surface area contributed by atoms with E-state index in [-0.39, 0.29) is 17.2 Å². The number of aliphatic hydroxyl groups excluding tert-OH is 1. The summed E-state index contributed by atoms with van der Waals surface area (Å²) in [7, 11) is 0. The molecule has 3 N–H and O–H groups in total. The Morgan fingerprint density at radius 1 is 0.865 bits per heavy atom.